The molecule has 0 saturated heterocycles. The van der Waals surface area contributed by atoms with Crippen LogP contribution < -0.4 is 0 Å². The molecule has 4 nitrogen and oxygen atoms in total. The number of fused-ring (bicyclic) bond motifs is 5. The fourth-order valence-electron chi connectivity index (χ4n) is 7.45. The van der Waals surface area contributed by atoms with Crippen molar-refractivity contribution < 1.29 is 20.1 Å². The number of aliphatic hydroxyl groups is 3. The standard InChI is InChI=1S/C22H32O4/c1-12(11-23)16-9-17(25)19-15-5-4-13-8-14(24)6-7-21(13,2)20(15)18(26)10-22(16,19)3/h6-8,12,15-20,23,25-26H,4-5,9-11H2,1-3H3/t12-,15+,16-,17-,18+,19-,20-,21+,22-/m1/s1. The van der Waals surface area contributed by atoms with Crippen LogP contribution in [-0.2, 0) is 4.79 Å². The maximum absolute atomic E-state index is 11.8. The van der Waals surface area contributed by atoms with Crippen molar-refractivity contribution in [3.8, 4) is 0 Å². The molecule has 3 fully saturated rings. The molecule has 0 spiro atoms. The summed E-state index contributed by atoms with van der Waals surface area (Å²) in [6.45, 7) is 6.55. The molecule has 0 heterocycles. The Morgan fingerprint density at radius 2 is 1.96 bits per heavy atom. The van der Waals surface area contributed by atoms with Crippen LogP contribution in [0.4, 0.5) is 0 Å². The molecule has 9 atom stereocenters. The van der Waals surface area contributed by atoms with E-state index in [0.29, 0.717) is 12.8 Å². The van der Waals surface area contributed by atoms with E-state index in [9.17, 15) is 20.1 Å². The lowest BCUT2D eigenvalue weighted by molar-refractivity contribution is -0.137. The number of carbonyl (C=O) groups excluding carboxylic acids is 1. The van der Waals surface area contributed by atoms with E-state index >= 15 is 0 Å². The lowest BCUT2D eigenvalue weighted by Crippen LogP contribution is -2.57. The lowest BCUT2D eigenvalue weighted by atomic mass is 9.46. The van der Waals surface area contributed by atoms with Gasteiger partial charge in [-0.2, -0.15) is 0 Å². The third-order valence-electron chi connectivity index (χ3n) is 8.52. The predicted octanol–water partition coefficient (Wildman–Crippen LogP) is 2.48. The largest absolute Gasteiger partial charge is 0.396 e. The molecule has 4 aliphatic rings. The molecule has 4 heteroatoms. The van der Waals surface area contributed by atoms with Gasteiger partial charge >= 0.3 is 0 Å². The highest BCUT2D eigenvalue weighted by Gasteiger charge is 2.64. The molecule has 0 aromatic heterocycles. The fraction of sp³-hybridized carbons (Fsp3) is 0.773. The minimum absolute atomic E-state index is 0.0442. The van der Waals surface area contributed by atoms with E-state index in [4.69, 9.17) is 0 Å². The Hall–Kier alpha value is -0.970. The summed E-state index contributed by atoms with van der Waals surface area (Å²) in [6.07, 6.45) is 7.74. The van der Waals surface area contributed by atoms with E-state index in [1.165, 1.54) is 0 Å². The third-order valence-corrected chi connectivity index (χ3v) is 8.52. The zero-order valence-electron chi connectivity index (χ0n) is 16.1. The second kappa shape index (κ2) is 6.02. The van der Waals surface area contributed by atoms with Crippen LogP contribution in [0.15, 0.2) is 23.8 Å². The first kappa shape index (κ1) is 18.4. The zero-order chi connectivity index (χ0) is 18.9. The Morgan fingerprint density at radius 1 is 1.23 bits per heavy atom. The molecule has 0 aliphatic heterocycles. The van der Waals surface area contributed by atoms with Gasteiger partial charge in [0, 0.05) is 17.9 Å². The molecule has 0 amide bonds. The van der Waals surface area contributed by atoms with Gasteiger partial charge < -0.3 is 15.3 Å². The summed E-state index contributed by atoms with van der Waals surface area (Å²) < 4.78 is 0. The minimum Gasteiger partial charge on any atom is -0.396 e. The van der Waals surface area contributed by atoms with Gasteiger partial charge in [0.25, 0.3) is 0 Å². The summed E-state index contributed by atoms with van der Waals surface area (Å²) >= 11 is 0. The smallest absolute Gasteiger partial charge is 0.178 e. The van der Waals surface area contributed by atoms with Crippen molar-refractivity contribution in [1.29, 1.82) is 0 Å². The molecule has 3 saturated carbocycles. The Kier molecular flexibility index (Phi) is 4.26. The van der Waals surface area contributed by atoms with Gasteiger partial charge in [0.15, 0.2) is 5.78 Å². The number of hydrogen-bond acceptors (Lipinski definition) is 4. The van der Waals surface area contributed by atoms with Crippen molar-refractivity contribution in [2.45, 2.75) is 58.7 Å². The van der Waals surface area contributed by atoms with E-state index < -0.39 is 6.10 Å². The van der Waals surface area contributed by atoms with Gasteiger partial charge in [-0.1, -0.05) is 32.4 Å². The van der Waals surface area contributed by atoms with E-state index in [1.807, 2.05) is 6.08 Å². The normalized spacial score (nSPS) is 51.3. The summed E-state index contributed by atoms with van der Waals surface area (Å²) in [6, 6.07) is 0. The molecule has 0 unspecified atom stereocenters. The third kappa shape index (κ3) is 2.35. The van der Waals surface area contributed by atoms with Crippen molar-refractivity contribution >= 4 is 5.78 Å². The molecule has 0 aromatic carbocycles. The van der Waals surface area contributed by atoms with Crippen LogP contribution in [0.3, 0.4) is 0 Å². The highest BCUT2D eigenvalue weighted by atomic mass is 16.3. The first-order valence-electron chi connectivity index (χ1n) is 10.1. The maximum Gasteiger partial charge on any atom is 0.178 e. The summed E-state index contributed by atoms with van der Waals surface area (Å²) in [5.74, 6) is 0.849. The predicted molar refractivity (Wildman–Crippen MR) is 99.1 cm³/mol. The molecule has 144 valence electrons. The van der Waals surface area contributed by atoms with Gasteiger partial charge in [0.1, 0.15) is 0 Å². The van der Waals surface area contributed by atoms with E-state index in [2.05, 4.69) is 20.8 Å². The van der Waals surface area contributed by atoms with Crippen LogP contribution in [0, 0.1) is 40.4 Å². The zero-order valence-corrected chi connectivity index (χ0v) is 16.1. The molecule has 0 aromatic rings. The second-order valence-corrected chi connectivity index (χ2v) is 9.79. The maximum atomic E-state index is 11.8. The first-order valence-corrected chi connectivity index (χ1v) is 10.1. The van der Waals surface area contributed by atoms with E-state index in [0.717, 1.165) is 18.4 Å². The molecule has 4 aliphatic carbocycles. The van der Waals surface area contributed by atoms with Crippen molar-refractivity contribution in [2.24, 2.45) is 40.4 Å². The van der Waals surface area contributed by atoms with Gasteiger partial charge in [-0.15, -0.1) is 0 Å². The van der Waals surface area contributed by atoms with E-state index in [-0.39, 0.29) is 58.9 Å². The SMILES string of the molecule is C[C@H](CO)[C@H]1C[C@@H](O)[C@H]2[C@@H]3CCC4=CC(=O)C=C[C@]4(C)[C@H]3[C@@H](O)C[C@@]21C. The van der Waals surface area contributed by atoms with Gasteiger partial charge in [-0.3, -0.25) is 4.79 Å². The first-order chi connectivity index (χ1) is 12.2. The average Bonchev–Trinajstić information content (AvgIpc) is 2.85. The molecule has 4 rings (SSSR count). The Labute approximate surface area is 156 Å². The summed E-state index contributed by atoms with van der Waals surface area (Å²) in [5.41, 5.74) is 0.702. The van der Waals surface area contributed by atoms with Crippen LogP contribution in [0.2, 0.25) is 0 Å². The van der Waals surface area contributed by atoms with Crippen molar-refractivity contribution in [2.75, 3.05) is 6.61 Å². The highest BCUT2D eigenvalue weighted by Crippen LogP contribution is 2.66. The molecule has 26 heavy (non-hydrogen) atoms. The highest BCUT2D eigenvalue weighted by molar-refractivity contribution is 6.01. The van der Waals surface area contributed by atoms with Crippen LogP contribution >= 0.6 is 0 Å². The van der Waals surface area contributed by atoms with Crippen LogP contribution in [0.1, 0.15) is 46.5 Å². The topological polar surface area (TPSA) is 77.8 Å². The van der Waals surface area contributed by atoms with Crippen molar-refractivity contribution in [3.05, 3.63) is 23.8 Å². The monoisotopic (exact) mass is 360 g/mol. The fourth-order valence-corrected chi connectivity index (χ4v) is 7.45. The molecule has 0 bridgehead atoms. The van der Waals surface area contributed by atoms with Gasteiger partial charge in [0.05, 0.1) is 12.2 Å². The quantitative estimate of drug-likeness (QED) is 0.707. The molecular weight excluding hydrogens is 328 g/mol. The summed E-state index contributed by atoms with van der Waals surface area (Å²) in [5, 5.41) is 32.0. The summed E-state index contributed by atoms with van der Waals surface area (Å²) in [4.78, 5) is 11.8. The van der Waals surface area contributed by atoms with Crippen LogP contribution in [0.25, 0.3) is 0 Å². The number of ketones is 1. The van der Waals surface area contributed by atoms with Crippen molar-refractivity contribution in [1.82, 2.24) is 0 Å². The van der Waals surface area contributed by atoms with E-state index in [1.54, 1.807) is 12.2 Å². The van der Waals surface area contributed by atoms with Gasteiger partial charge in [-0.25, -0.2) is 0 Å². The van der Waals surface area contributed by atoms with Crippen LogP contribution in [-0.4, -0.2) is 39.9 Å². The Bertz CT molecular complexity index is 667. The number of allylic oxidation sites excluding steroid dienone is 4. The molecular formula is C22H32O4. The van der Waals surface area contributed by atoms with Gasteiger partial charge in [0.2, 0.25) is 0 Å². The number of rotatable bonds is 2. The molecule has 3 N–H and O–H groups in total. The Balaban J connectivity index is 1.74. The molecule has 0 radical (unpaired) electrons. The second-order valence-electron chi connectivity index (χ2n) is 9.79. The minimum atomic E-state index is -0.452. The van der Waals surface area contributed by atoms with Crippen LogP contribution in [0.5, 0.6) is 0 Å². The lowest BCUT2D eigenvalue weighted by Gasteiger charge is -2.59. The average molecular weight is 360 g/mol. The number of aliphatic hydroxyl groups excluding tert-OH is 3. The van der Waals surface area contributed by atoms with Gasteiger partial charge in [-0.05, 0) is 66.9 Å². The number of carbonyl (C=O) groups is 1. The summed E-state index contributed by atoms with van der Waals surface area (Å²) in [7, 11) is 0. The number of hydrogen-bond donors (Lipinski definition) is 3. The van der Waals surface area contributed by atoms with Crippen molar-refractivity contribution in [3.63, 3.8) is 0 Å². The Morgan fingerprint density at radius 3 is 2.65 bits per heavy atom.